The topological polar surface area (TPSA) is 44.5 Å². The van der Waals surface area contributed by atoms with Crippen molar-refractivity contribution in [2.45, 2.75) is 78.9 Å². The first-order chi connectivity index (χ1) is 9.10. The Labute approximate surface area is 126 Å². The van der Waals surface area contributed by atoms with Gasteiger partial charge in [0, 0.05) is 13.2 Å². The van der Waals surface area contributed by atoms with E-state index in [1.165, 1.54) is 0 Å². The molecule has 20 heavy (non-hydrogen) atoms. The van der Waals surface area contributed by atoms with Crippen LogP contribution in [-0.4, -0.2) is 31.0 Å². The zero-order chi connectivity index (χ0) is 15.8. The summed E-state index contributed by atoms with van der Waals surface area (Å²) in [7, 11) is 0. The lowest BCUT2D eigenvalue weighted by Gasteiger charge is -2.32. The van der Waals surface area contributed by atoms with Crippen LogP contribution in [0.1, 0.15) is 67.7 Å². The first-order valence-electron chi connectivity index (χ1n) is 8.08. The molecule has 0 fully saturated rings. The minimum Gasteiger partial charge on any atom is -0.375 e. The third-order valence-electron chi connectivity index (χ3n) is 3.61. The van der Waals surface area contributed by atoms with Gasteiger partial charge in [-0.15, -0.1) is 0 Å². The Hall–Kier alpha value is -0.120. The molecule has 0 aliphatic heterocycles. The standard InChI is InChI=1S/C17H37NO2/c1-14(2)8-10-19-16(5,6)9-11-20-17(7,13-18)12-15(3)4/h14-15H,8-13,18H2,1-7H3. The van der Waals surface area contributed by atoms with Gasteiger partial charge in [-0.05, 0) is 51.9 Å². The monoisotopic (exact) mass is 287 g/mol. The smallest absolute Gasteiger partial charge is 0.0778 e. The molecule has 0 amide bonds. The van der Waals surface area contributed by atoms with Crippen LogP contribution >= 0.6 is 0 Å². The maximum absolute atomic E-state index is 6.05. The van der Waals surface area contributed by atoms with Crippen molar-refractivity contribution in [2.24, 2.45) is 17.6 Å². The summed E-state index contributed by atoms with van der Waals surface area (Å²) in [6.07, 6.45) is 3.01. The van der Waals surface area contributed by atoms with Crippen LogP contribution in [0.4, 0.5) is 0 Å². The average Bonchev–Trinajstić information content (AvgIpc) is 2.26. The third-order valence-corrected chi connectivity index (χ3v) is 3.61. The molecular formula is C17H37NO2. The Morgan fingerprint density at radius 1 is 0.900 bits per heavy atom. The summed E-state index contributed by atoms with van der Waals surface area (Å²) < 4.78 is 12.0. The molecule has 0 aliphatic rings. The molecule has 0 aromatic rings. The van der Waals surface area contributed by atoms with E-state index in [1.807, 2.05) is 0 Å². The molecule has 0 bridgehead atoms. The van der Waals surface area contributed by atoms with E-state index in [-0.39, 0.29) is 11.2 Å². The third kappa shape index (κ3) is 9.73. The first kappa shape index (κ1) is 19.9. The first-order valence-corrected chi connectivity index (χ1v) is 8.08. The highest BCUT2D eigenvalue weighted by atomic mass is 16.5. The lowest BCUT2D eigenvalue weighted by molar-refractivity contribution is -0.0822. The number of nitrogens with two attached hydrogens (primary N) is 1. The van der Waals surface area contributed by atoms with Crippen molar-refractivity contribution in [1.82, 2.24) is 0 Å². The van der Waals surface area contributed by atoms with Gasteiger partial charge < -0.3 is 15.2 Å². The summed E-state index contributed by atoms with van der Waals surface area (Å²) in [5.41, 5.74) is 5.53. The average molecular weight is 287 g/mol. The highest BCUT2D eigenvalue weighted by Crippen LogP contribution is 2.22. The number of hydrogen-bond acceptors (Lipinski definition) is 3. The normalized spacial score (nSPS) is 15.9. The van der Waals surface area contributed by atoms with Crippen LogP contribution in [0.2, 0.25) is 0 Å². The highest BCUT2D eigenvalue weighted by Gasteiger charge is 2.26. The van der Waals surface area contributed by atoms with Crippen molar-refractivity contribution < 1.29 is 9.47 Å². The molecule has 0 aliphatic carbocycles. The molecule has 0 saturated carbocycles. The van der Waals surface area contributed by atoms with Crippen LogP contribution in [0.5, 0.6) is 0 Å². The van der Waals surface area contributed by atoms with Gasteiger partial charge in [-0.1, -0.05) is 27.7 Å². The minimum atomic E-state index is -0.206. The Morgan fingerprint density at radius 2 is 1.50 bits per heavy atom. The van der Waals surface area contributed by atoms with Crippen LogP contribution in [0, 0.1) is 11.8 Å². The second-order valence-electron chi connectivity index (χ2n) is 7.64. The fourth-order valence-corrected chi connectivity index (χ4v) is 2.25. The molecule has 0 aromatic heterocycles. The summed E-state index contributed by atoms with van der Waals surface area (Å²) in [4.78, 5) is 0. The maximum Gasteiger partial charge on any atom is 0.0778 e. The van der Waals surface area contributed by atoms with E-state index < -0.39 is 0 Å². The zero-order valence-electron chi connectivity index (χ0n) is 14.8. The molecule has 3 nitrogen and oxygen atoms in total. The molecule has 122 valence electrons. The van der Waals surface area contributed by atoms with Gasteiger partial charge in [-0.2, -0.15) is 0 Å². The van der Waals surface area contributed by atoms with E-state index in [2.05, 4.69) is 48.5 Å². The Kier molecular flexibility index (Phi) is 8.96. The van der Waals surface area contributed by atoms with Gasteiger partial charge in [0.25, 0.3) is 0 Å². The molecule has 0 saturated heterocycles. The summed E-state index contributed by atoms with van der Waals surface area (Å²) in [5.74, 6) is 1.28. The summed E-state index contributed by atoms with van der Waals surface area (Å²) in [6, 6.07) is 0. The molecule has 1 atom stereocenters. The molecule has 0 radical (unpaired) electrons. The van der Waals surface area contributed by atoms with Crippen molar-refractivity contribution >= 4 is 0 Å². The fourth-order valence-electron chi connectivity index (χ4n) is 2.25. The molecule has 2 N–H and O–H groups in total. The van der Waals surface area contributed by atoms with E-state index in [0.717, 1.165) is 25.9 Å². The second kappa shape index (κ2) is 9.01. The summed E-state index contributed by atoms with van der Waals surface area (Å²) in [6.45, 7) is 17.3. The molecule has 3 heteroatoms. The predicted octanol–water partition coefficient (Wildman–Crippen LogP) is 4.00. The predicted molar refractivity (Wildman–Crippen MR) is 87.0 cm³/mol. The molecule has 0 rings (SSSR count). The van der Waals surface area contributed by atoms with Crippen molar-refractivity contribution in [3.05, 3.63) is 0 Å². The lowest BCUT2D eigenvalue weighted by atomic mass is 9.94. The Bertz CT molecular complexity index is 251. The second-order valence-corrected chi connectivity index (χ2v) is 7.64. The quantitative estimate of drug-likeness (QED) is 0.625. The fraction of sp³-hybridized carbons (Fsp3) is 1.00. The van der Waals surface area contributed by atoms with Crippen LogP contribution in [0.3, 0.4) is 0 Å². The number of rotatable bonds is 11. The van der Waals surface area contributed by atoms with Gasteiger partial charge in [0.05, 0.1) is 17.8 Å². The largest absolute Gasteiger partial charge is 0.375 e. The molecule has 0 heterocycles. The zero-order valence-corrected chi connectivity index (χ0v) is 14.8. The van der Waals surface area contributed by atoms with Gasteiger partial charge >= 0.3 is 0 Å². The van der Waals surface area contributed by atoms with E-state index in [1.54, 1.807) is 0 Å². The Morgan fingerprint density at radius 3 is 1.95 bits per heavy atom. The van der Waals surface area contributed by atoms with Crippen molar-refractivity contribution in [2.75, 3.05) is 19.8 Å². The molecule has 0 aromatic carbocycles. The van der Waals surface area contributed by atoms with Crippen LogP contribution in [0.25, 0.3) is 0 Å². The van der Waals surface area contributed by atoms with Gasteiger partial charge in [0.1, 0.15) is 0 Å². The van der Waals surface area contributed by atoms with Crippen LogP contribution < -0.4 is 5.73 Å². The lowest BCUT2D eigenvalue weighted by Crippen LogP contribution is -2.40. The molecule has 0 spiro atoms. The SMILES string of the molecule is CC(C)CCOC(C)(C)CCOC(C)(CN)CC(C)C. The van der Waals surface area contributed by atoms with Crippen LogP contribution in [-0.2, 0) is 9.47 Å². The maximum atomic E-state index is 6.05. The van der Waals surface area contributed by atoms with Crippen LogP contribution in [0.15, 0.2) is 0 Å². The van der Waals surface area contributed by atoms with Crippen molar-refractivity contribution in [3.63, 3.8) is 0 Å². The number of hydrogen-bond donors (Lipinski definition) is 1. The minimum absolute atomic E-state index is 0.123. The van der Waals surface area contributed by atoms with Crippen molar-refractivity contribution in [3.8, 4) is 0 Å². The van der Waals surface area contributed by atoms with Gasteiger partial charge in [-0.25, -0.2) is 0 Å². The molecular weight excluding hydrogens is 250 g/mol. The van der Waals surface area contributed by atoms with E-state index in [4.69, 9.17) is 15.2 Å². The number of ether oxygens (including phenoxy) is 2. The van der Waals surface area contributed by atoms with Gasteiger partial charge in [0.2, 0.25) is 0 Å². The highest BCUT2D eigenvalue weighted by molar-refractivity contribution is 4.79. The Balaban J connectivity index is 4.06. The van der Waals surface area contributed by atoms with E-state index in [0.29, 0.717) is 25.0 Å². The van der Waals surface area contributed by atoms with E-state index in [9.17, 15) is 0 Å². The van der Waals surface area contributed by atoms with Gasteiger partial charge in [-0.3, -0.25) is 0 Å². The van der Waals surface area contributed by atoms with E-state index >= 15 is 0 Å². The molecule has 1 unspecified atom stereocenters. The summed E-state index contributed by atoms with van der Waals surface area (Å²) >= 11 is 0. The van der Waals surface area contributed by atoms with Gasteiger partial charge in [0.15, 0.2) is 0 Å². The summed E-state index contributed by atoms with van der Waals surface area (Å²) in [5, 5.41) is 0. The van der Waals surface area contributed by atoms with Crippen molar-refractivity contribution in [1.29, 1.82) is 0 Å².